The first-order valence-corrected chi connectivity index (χ1v) is 14.1. The smallest absolute Gasteiger partial charge is 0.192 e. The van der Waals surface area contributed by atoms with Crippen LogP contribution in [0.3, 0.4) is 0 Å². The van der Waals surface area contributed by atoms with Crippen LogP contribution in [0.5, 0.6) is 0 Å². The highest BCUT2D eigenvalue weighted by atomic mass is 28.4. The van der Waals surface area contributed by atoms with Gasteiger partial charge in [0.2, 0.25) is 0 Å². The molecule has 1 aliphatic heterocycles. The summed E-state index contributed by atoms with van der Waals surface area (Å²) < 4.78 is 8.87. The Kier molecular flexibility index (Phi) is 5.51. The summed E-state index contributed by atoms with van der Waals surface area (Å²) in [5, 5.41) is 11.4. The van der Waals surface area contributed by atoms with Gasteiger partial charge in [-0.05, 0) is 61.7 Å². The van der Waals surface area contributed by atoms with Gasteiger partial charge in [0.1, 0.15) is 0 Å². The van der Waals surface area contributed by atoms with Gasteiger partial charge in [0, 0.05) is 11.7 Å². The molecule has 5 heteroatoms. The first-order chi connectivity index (χ1) is 13.7. The number of imidazole rings is 1. The Labute approximate surface area is 176 Å². The van der Waals surface area contributed by atoms with Crippen molar-refractivity contribution < 1.29 is 9.53 Å². The van der Waals surface area contributed by atoms with E-state index in [-0.39, 0.29) is 17.2 Å². The van der Waals surface area contributed by atoms with Crippen molar-refractivity contribution in [3.05, 3.63) is 42.4 Å². The largest absolute Gasteiger partial charge is 0.414 e. The Bertz CT molecular complexity index is 847. The average Bonchev–Trinajstić information content (AvgIpc) is 3.24. The molecule has 2 heterocycles. The maximum absolute atomic E-state index is 11.1. The van der Waals surface area contributed by atoms with E-state index in [9.17, 15) is 5.11 Å². The Hall–Kier alpha value is -1.43. The maximum atomic E-state index is 11.1. The fourth-order valence-corrected chi connectivity index (χ4v) is 6.20. The Morgan fingerprint density at radius 3 is 2.55 bits per heavy atom. The molecule has 158 valence electrons. The highest BCUT2D eigenvalue weighted by molar-refractivity contribution is 6.74. The van der Waals surface area contributed by atoms with E-state index >= 15 is 0 Å². The van der Waals surface area contributed by atoms with Crippen molar-refractivity contribution in [2.75, 3.05) is 0 Å². The molecular weight excluding hydrogens is 376 g/mol. The van der Waals surface area contributed by atoms with Crippen molar-refractivity contribution in [1.82, 2.24) is 9.55 Å². The number of benzene rings is 1. The van der Waals surface area contributed by atoms with E-state index in [0.717, 1.165) is 32.1 Å². The molecule has 1 aromatic heterocycles. The first kappa shape index (κ1) is 20.8. The zero-order valence-corrected chi connectivity index (χ0v) is 19.6. The van der Waals surface area contributed by atoms with Gasteiger partial charge in [-0.1, -0.05) is 45.0 Å². The van der Waals surface area contributed by atoms with Crippen LogP contribution in [0.25, 0.3) is 11.3 Å². The third kappa shape index (κ3) is 3.97. The SMILES string of the molecule is CC(C)(C)[Si](C)(C)OC1CCC(C(O)CC2c3ccccc3-c3cncn32)CC1. The maximum Gasteiger partial charge on any atom is 0.192 e. The highest BCUT2D eigenvalue weighted by Gasteiger charge is 2.40. The Morgan fingerprint density at radius 2 is 1.86 bits per heavy atom. The molecule has 1 aliphatic carbocycles. The molecule has 2 aliphatic rings. The van der Waals surface area contributed by atoms with E-state index in [2.05, 4.69) is 67.7 Å². The number of rotatable bonds is 5. The molecular formula is C24H36N2O2Si. The molecule has 1 saturated carbocycles. The summed E-state index contributed by atoms with van der Waals surface area (Å²) >= 11 is 0. The molecule has 1 N–H and O–H groups in total. The lowest BCUT2D eigenvalue weighted by atomic mass is 9.81. The summed E-state index contributed by atoms with van der Waals surface area (Å²) in [4.78, 5) is 4.35. The van der Waals surface area contributed by atoms with Gasteiger partial charge in [-0.25, -0.2) is 4.98 Å². The minimum atomic E-state index is -1.72. The molecule has 0 radical (unpaired) electrons. The molecule has 2 unspecified atom stereocenters. The van der Waals surface area contributed by atoms with Crippen LogP contribution >= 0.6 is 0 Å². The van der Waals surface area contributed by atoms with Crippen molar-refractivity contribution in [2.24, 2.45) is 5.92 Å². The summed E-state index contributed by atoms with van der Waals surface area (Å²) in [5.41, 5.74) is 3.75. The van der Waals surface area contributed by atoms with E-state index < -0.39 is 8.32 Å². The summed E-state index contributed by atoms with van der Waals surface area (Å²) in [5.74, 6) is 0.369. The lowest BCUT2D eigenvalue weighted by molar-refractivity contribution is 0.0364. The predicted molar refractivity (Wildman–Crippen MR) is 120 cm³/mol. The van der Waals surface area contributed by atoms with Crippen LogP contribution in [0.4, 0.5) is 0 Å². The topological polar surface area (TPSA) is 47.3 Å². The third-order valence-electron chi connectivity index (χ3n) is 7.59. The number of aromatic nitrogens is 2. The van der Waals surface area contributed by atoms with Gasteiger partial charge in [-0.15, -0.1) is 0 Å². The second-order valence-corrected chi connectivity index (χ2v) is 15.3. The number of aliphatic hydroxyl groups excluding tert-OH is 1. The zero-order chi connectivity index (χ0) is 20.8. The van der Waals surface area contributed by atoms with Gasteiger partial charge in [0.15, 0.2) is 8.32 Å². The molecule has 1 fully saturated rings. The van der Waals surface area contributed by atoms with Gasteiger partial charge in [-0.2, -0.15) is 0 Å². The normalized spacial score (nSPS) is 25.5. The van der Waals surface area contributed by atoms with Crippen LogP contribution in [0.2, 0.25) is 18.1 Å². The number of hydrogen-bond acceptors (Lipinski definition) is 3. The Morgan fingerprint density at radius 1 is 1.17 bits per heavy atom. The zero-order valence-electron chi connectivity index (χ0n) is 18.6. The molecule has 29 heavy (non-hydrogen) atoms. The standard InChI is InChI=1S/C24H36N2O2Si/c1-24(2,3)29(4,5)28-18-12-10-17(11-13-18)23(27)14-21-19-8-6-7-9-20(19)22-15-25-16-26(21)22/h6-9,15-18,21,23,27H,10-14H2,1-5H3. The summed E-state index contributed by atoms with van der Waals surface area (Å²) in [6.45, 7) is 11.6. The van der Waals surface area contributed by atoms with E-state index in [4.69, 9.17) is 4.43 Å². The fourth-order valence-electron chi connectivity index (χ4n) is 4.78. The summed E-state index contributed by atoms with van der Waals surface area (Å²) in [7, 11) is -1.72. The van der Waals surface area contributed by atoms with E-state index in [1.807, 2.05) is 12.5 Å². The van der Waals surface area contributed by atoms with Gasteiger partial charge >= 0.3 is 0 Å². The number of hydrogen-bond donors (Lipinski definition) is 1. The number of nitrogens with zero attached hydrogens (tertiary/aromatic N) is 2. The molecule has 1 aromatic carbocycles. The van der Waals surface area contributed by atoms with Gasteiger partial charge in [0.25, 0.3) is 0 Å². The van der Waals surface area contributed by atoms with Crippen molar-refractivity contribution in [1.29, 1.82) is 0 Å². The van der Waals surface area contributed by atoms with E-state index in [1.54, 1.807) is 0 Å². The Balaban J connectivity index is 1.37. The summed E-state index contributed by atoms with van der Waals surface area (Å²) in [6.07, 6.45) is 8.97. The molecule has 2 atom stereocenters. The van der Waals surface area contributed by atoms with Crippen LogP contribution in [-0.2, 0) is 4.43 Å². The van der Waals surface area contributed by atoms with Gasteiger partial charge in [0.05, 0.1) is 30.4 Å². The minimum Gasteiger partial charge on any atom is -0.414 e. The third-order valence-corrected chi connectivity index (χ3v) is 12.1. The average molecular weight is 413 g/mol. The fraction of sp³-hybridized carbons (Fsp3) is 0.625. The van der Waals surface area contributed by atoms with Gasteiger partial charge < -0.3 is 14.1 Å². The van der Waals surface area contributed by atoms with Crippen LogP contribution in [0.1, 0.15) is 64.5 Å². The van der Waals surface area contributed by atoms with Gasteiger partial charge in [-0.3, -0.25) is 0 Å². The molecule has 4 nitrogen and oxygen atoms in total. The molecule has 0 bridgehead atoms. The molecule has 0 amide bonds. The molecule has 2 aromatic rings. The lowest BCUT2D eigenvalue weighted by Crippen LogP contribution is -2.45. The number of aliphatic hydroxyl groups is 1. The first-order valence-electron chi connectivity index (χ1n) is 11.1. The van der Waals surface area contributed by atoms with Crippen LogP contribution in [0, 0.1) is 5.92 Å². The van der Waals surface area contributed by atoms with Crippen molar-refractivity contribution in [3.8, 4) is 11.3 Å². The van der Waals surface area contributed by atoms with Crippen molar-refractivity contribution >= 4 is 8.32 Å². The number of fused-ring (bicyclic) bond motifs is 3. The quantitative estimate of drug-likeness (QED) is 0.633. The molecule has 0 saturated heterocycles. The molecule has 0 spiro atoms. The molecule has 4 rings (SSSR count). The highest BCUT2D eigenvalue weighted by Crippen LogP contribution is 2.44. The monoisotopic (exact) mass is 412 g/mol. The van der Waals surface area contributed by atoms with E-state index in [1.165, 1.54) is 16.8 Å². The van der Waals surface area contributed by atoms with Crippen LogP contribution in [-0.4, -0.2) is 35.2 Å². The van der Waals surface area contributed by atoms with Crippen LogP contribution < -0.4 is 0 Å². The second-order valence-electron chi connectivity index (χ2n) is 10.5. The minimum absolute atomic E-state index is 0.194. The second kappa shape index (κ2) is 7.68. The summed E-state index contributed by atoms with van der Waals surface area (Å²) in [6, 6.07) is 8.74. The van der Waals surface area contributed by atoms with E-state index in [0.29, 0.717) is 12.0 Å². The van der Waals surface area contributed by atoms with Crippen molar-refractivity contribution in [2.45, 2.75) is 89.3 Å². The van der Waals surface area contributed by atoms with Crippen molar-refractivity contribution in [3.63, 3.8) is 0 Å². The predicted octanol–water partition coefficient (Wildman–Crippen LogP) is 5.78. The lowest BCUT2D eigenvalue weighted by Gasteiger charge is -2.42. The van der Waals surface area contributed by atoms with Crippen LogP contribution in [0.15, 0.2) is 36.8 Å².